The zero-order valence-corrected chi connectivity index (χ0v) is 25.2. The van der Waals surface area contributed by atoms with Crippen LogP contribution in [-0.2, 0) is 0 Å². The standard InChI is InChI=1S/C42H30OS/c1-2-10-30(11-3-1)44-36-24-35-42(40-33(36)22-20-28-17-15-26-9-5-7-13-32(26)38(28)40)41-34(43-35)23-21-29-19-18-27-16-14-25-8-4-6-12-31(25)37(27)39(29)41/h4-9,12-24,30H,1-3,10-11H2. The number of benzene rings is 8. The average Bonchev–Trinajstić information content (AvgIpc) is 3.46. The van der Waals surface area contributed by atoms with Crippen LogP contribution in [0, 0.1) is 0 Å². The van der Waals surface area contributed by atoms with Crippen LogP contribution in [0.5, 0.6) is 0 Å². The van der Waals surface area contributed by atoms with E-state index in [1.165, 1.54) is 112 Å². The number of hydrogen-bond acceptors (Lipinski definition) is 2. The van der Waals surface area contributed by atoms with Crippen LogP contribution in [0.1, 0.15) is 32.1 Å². The molecule has 10 rings (SSSR count). The van der Waals surface area contributed by atoms with Gasteiger partial charge in [0.15, 0.2) is 0 Å². The van der Waals surface area contributed by atoms with Gasteiger partial charge in [-0.05, 0) is 78.8 Å². The van der Waals surface area contributed by atoms with Gasteiger partial charge in [-0.15, -0.1) is 11.8 Å². The minimum absolute atomic E-state index is 0.660. The minimum Gasteiger partial charge on any atom is -0.456 e. The van der Waals surface area contributed by atoms with Crippen molar-refractivity contribution in [1.82, 2.24) is 0 Å². The van der Waals surface area contributed by atoms with E-state index in [1.54, 1.807) is 0 Å². The maximum Gasteiger partial charge on any atom is 0.137 e. The highest BCUT2D eigenvalue weighted by molar-refractivity contribution is 8.00. The van der Waals surface area contributed by atoms with E-state index in [2.05, 4.69) is 127 Å². The summed E-state index contributed by atoms with van der Waals surface area (Å²) in [7, 11) is 0. The van der Waals surface area contributed by atoms with Crippen LogP contribution < -0.4 is 0 Å². The Morgan fingerprint density at radius 3 is 1.68 bits per heavy atom. The number of hydrogen-bond donors (Lipinski definition) is 0. The molecule has 8 aromatic carbocycles. The van der Waals surface area contributed by atoms with Crippen molar-refractivity contribution in [3.05, 3.63) is 115 Å². The van der Waals surface area contributed by atoms with E-state index in [1.807, 2.05) is 0 Å². The predicted octanol–water partition coefficient (Wildman–Crippen LogP) is 12.9. The van der Waals surface area contributed by atoms with Gasteiger partial charge in [0.1, 0.15) is 11.2 Å². The zero-order chi connectivity index (χ0) is 28.8. The Labute approximate surface area is 259 Å². The second-order valence-corrected chi connectivity index (χ2v) is 13.9. The molecule has 0 saturated heterocycles. The molecule has 1 aliphatic rings. The Morgan fingerprint density at radius 1 is 0.432 bits per heavy atom. The minimum atomic E-state index is 0.660. The molecule has 210 valence electrons. The third kappa shape index (κ3) is 3.55. The third-order valence-corrected chi connectivity index (χ3v) is 11.5. The van der Waals surface area contributed by atoms with Crippen molar-refractivity contribution in [2.75, 3.05) is 0 Å². The van der Waals surface area contributed by atoms with Crippen molar-refractivity contribution < 1.29 is 4.42 Å². The molecule has 44 heavy (non-hydrogen) atoms. The quantitative estimate of drug-likeness (QED) is 0.188. The first-order valence-corrected chi connectivity index (χ1v) is 16.8. The van der Waals surface area contributed by atoms with Crippen molar-refractivity contribution in [1.29, 1.82) is 0 Å². The monoisotopic (exact) mass is 582 g/mol. The van der Waals surface area contributed by atoms with Gasteiger partial charge in [-0.2, -0.15) is 0 Å². The summed E-state index contributed by atoms with van der Waals surface area (Å²) in [5, 5.41) is 18.7. The molecule has 0 N–H and O–H groups in total. The molecule has 1 aliphatic carbocycles. The highest BCUT2D eigenvalue weighted by Gasteiger charge is 2.23. The molecule has 0 radical (unpaired) electrons. The van der Waals surface area contributed by atoms with Gasteiger partial charge in [-0.1, -0.05) is 122 Å². The second-order valence-electron chi connectivity index (χ2n) is 12.6. The van der Waals surface area contributed by atoms with Gasteiger partial charge in [-0.25, -0.2) is 0 Å². The van der Waals surface area contributed by atoms with Gasteiger partial charge in [0.05, 0.1) is 0 Å². The van der Waals surface area contributed by atoms with Crippen LogP contribution in [0.25, 0.3) is 86.6 Å². The fourth-order valence-electron chi connectivity index (χ4n) is 8.09. The number of fused-ring (bicyclic) bond motifs is 15. The fraction of sp³-hybridized carbons (Fsp3) is 0.143. The van der Waals surface area contributed by atoms with E-state index in [4.69, 9.17) is 4.42 Å². The molecule has 1 heterocycles. The molecule has 1 aromatic heterocycles. The van der Waals surface area contributed by atoms with Crippen LogP contribution in [0.2, 0.25) is 0 Å². The summed E-state index contributed by atoms with van der Waals surface area (Å²) in [5.41, 5.74) is 1.96. The Balaban J connectivity index is 1.46. The van der Waals surface area contributed by atoms with E-state index in [-0.39, 0.29) is 0 Å². The van der Waals surface area contributed by atoms with Gasteiger partial charge in [-0.3, -0.25) is 0 Å². The van der Waals surface area contributed by atoms with E-state index in [0.29, 0.717) is 5.25 Å². The largest absolute Gasteiger partial charge is 0.456 e. The molecule has 0 unspecified atom stereocenters. The summed E-state index contributed by atoms with van der Waals surface area (Å²) < 4.78 is 6.91. The highest BCUT2D eigenvalue weighted by Crippen LogP contribution is 2.49. The van der Waals surface area contributed by atoms with Crippen molar-refractivity contribution in [2.45, 2.75) is 42.2 Å². The maximum atomic E-state index is 6.91. The summed E-state index contributed by atoms with van der Waals surface area (Å²) in [6.45, 7) is 0. The molecule has 2 heteroatoms. The lowest BCUT2D eigenvalue weighted by Gasteiger charge is -2.22. The van der Waals surface area contributed by atoms with Gasteiger partial charge >= 0.3 is 0 Å². The fourth-order valence-corrected chi connectivity index (χ4v) is 9.49. The SMILES string of the molecule is c1ccc2c(c1)ccc1ccc3ccc4oc5cc(SC6CCCCC6)c6ccc7ccc8ccccc8c7c6c5c4c3c12. The molecule has 0 atom stereocenters. The van der Waals surface area contributed by atoms with E-state index >= 15 is 0 Å². The summed E-state index contributed by atoms with van der Waals surface area (Å²) in [6, 6.07) is 42.9. The first-order valence-electron chi connectivity index (χ1n) is 16.0. The molecule has 1 nitrogen and oxygen atoms in total. The first kappa shape index (κ1) is 24.9. The normalized spacial score (nSPS) is 14.8. The van der Waals surface area contributed by atoms with Gasteiger partial charge in [0.25, 0.3) is 0 Å². The van der Waals surface area contributed by atoms with Gasteiger partial charge in [0, 0.05) is 31.7 Å². The number of thioether (sulfide) groups is 1. The predicted molar refractivity (Wildman–Crippen MR) is 191 cm³/mol. The Bertz CT molecular complexity index is 2610. The maximum absolute atomic E-state index is 6.91. The number of furan rings is 1. The van der Waals surface area contributed by atoms with Crippen LogP contribution in [-0.4, -0.2) is 5.25 Å². The van der Waals surface area contributed by atoms with Crippen molar-refractivity contribution >= 4 is 98.3 Å². The smallest absolute Gasteiger partial charge is 0.137 e. The van der Waals surface area contributed by atoms with E-state index < -0.39 is 0 Å². The van der Waals surface area contributed by atoms with Crippen LogP contribution in [0.4, 0.5) is 0 Å². The van der Waals surface area contributed by atoms with Gasteiger partial charge in [0.2, 0.25) is 0 Å². The molecule has 1 fully saturated rings. The first-order chi connectivity index (χ1) is 21.8. The van der Waals surface area contributed by atoms with Crippen molar-refractivity contribution in [3.8, 4) is 0 Å². The van der Waals surface area contributed by atoms with Crippen LogP contribution in [0.3, 0.4) is 0 Å². The lowest BCUT2D eigenvalue weighted by atomic mass is 9.90. The topological polar surface area (TPSA) is 13.1 Å². The van der Waals surface area contributed by atoms with Crippen molar-refractivity contribution in [2.24, 2.45) is 0 Å². The average molecular weight is 583 g/mol. The van der Waals surface area contributed by atoms with Gasteiger partial charge < -0.3 is 4.42 Å². The highest BCUT2D eigenvalue weighted by atomic mass is 32.2. The van der Waals surface area contributed by atoms with Crippen LogP contribution in [0.15, 0.2) is 125 Å². The Kier molecular flexibility index (Phi) is 5.36. The molecule has 1 saturated carbocycles. The second kappa shape index (κ2) is 9.48. The molecule has 0 amide bonds. The molecule has 0 spiro atoms. The summed E-state index contributed by atoms with van der Waals surface area (Å²) in [5.74, 6) is 0. The zero-order valence-electron chi connectivity index (χ0n) is 24.4. The van der Waals surface area contributed by atoms with Crippen molar-refractivity contribution in [3.63, 3.8) is 0 Å². The number of rotatable bonds is 2. The summed E-state index contributed by atoms with van der Waals surface area (Å²) in [4.78, 5) is 1.35. The van der Waals surface area contributed by atoms with E-state index in [9.17, 15) is 0 Å². The third-order valence-electron chi connectivity index (χ3n) is 10.1. The van der Waals surface area contributed by atoms with E-state index in [0.717, 1.165) is 11.2 Å². The molecule has 0 aliphatic heterocycles. The Morgan fingerprint density at radius 2 is 0.977 bits per heavy atom. The molecule has 0 bridgehead atoms. The Hall–Kier alpha value is -4.53. The molecule has 9 aromatic rings. The lowest BCUT2D eigenvalue weighted by Crippen LogP contribution is -2.07. The lowest BCUT2D eigenvalue weighted by molar-refractivity contribution is 0.516. The molecular weight excluding hydrogens is 553 g/mol. The summed E-state index contributed by atoms with van der Waals surface area (Å²) >= 11 is 2.08. The molecular formula is C42H30OS. The van der Waals surface area contributed by atoms with Crippen LogP contribution >= 0.6 is 11.8 Å². The summed E-state index contributed by atoms with van der Waals surface area (Å²) in [6.07, 6.45) is 6.63.